The van der Waals surface area contributed by atoms with Crippen molar-refractivity contribution < 1.29 is 52.2 Å². The summed E-state index contributed by atoms with van der Waals surface area (Å²) in [6, 6.07) is 0. The van der Waals surface area contributed by atoms with Crippen LogP contribution in [0.3, 0.4) is 0 Å². The first-order valence-corrected chi connectivity index (χ1v) is 29.6. The molecule has 3 unspecified atom stereocenters. The second kappa shape index (κ2) is 54.9. The molecule has 0 aromatic heterocycles. The lowest BCUT2D eigenvalue weighted by Crippen LogP contribution is -2.30. The molecule has 0 radical (unpaired) electrons. The van der Waals surface area contributed by atoms with Gasteiger partial charge in [-0.05, 0) is 96.3 Å². The summed E-state index contributed by atoms with van der Waals surface area (Å²) in [5, 5.41) is 9.80. The number of carbonyl (C=O) groups excluding carboxylic acids is 3. The van der Waals surface area contributed by atoms with Gasteiger partial charge in [-0.1, -0.05) is 219 Å². The highest BCUT2D eigenvalue weighted by molar-refractivity contribution is 7.47. The Morgan fingerprint density at radius 3 is 1.15 bits per heavy atom. The molecule has 2 N–H and O–H groups in total. The van der Waals surface area contributed by atoms with Crippen molar-refractivity contribution in [2.24, 2.45) is 0 Å². The van der Waals surface area contributed by atoms with Gasteiger partial charge in [0.25, 0.3) is 0 Å². The van der Waals surface area contributed by atoms with Gasteiger partial charge >= 0.3 is 25.7 Å². The number of aliphatic hydroxyl groups excluding tert-OH is 1. The largest absolute Gasteiger partial charge is 0.472 e. The van der Waals surface area contributed by atoms with Crippen LogP contribution >= 0.6 is 7.82 Å². The number of allylic oxidation sites excluding steroid dienone is 22. The van der Waals surface area contributed by atoms with Crippen molar-refractivity contribution in [3.05, 3.63) is 134 Å². The highest BCUT2D eigenvalue weighted by Crippen LogP contribution is 2.43. The van der Waals surface area contributed by atoms with Crippen LogP contribution in [0.5, 0.6) is 0 Å². The SMILES string of the molecule is CC/C=C\C/C=C\C/C=C\C/C=C\C/C=C\C/C=C\CCC(=O)OC(COC(=O)CCCCCCCCCCCCC)COP(=O)(O)OCC(CO)OC(=O)CCC/C=C\C/C=C\C/C=C\C/C=C\C/C=C\CC. The first kappa shape index (κ1) is 69.6. The molecule has 0 saturated heterocycles. The van der Waals surface area contributed by atoms with Crippen LogP contribution in [0.25, 0.3) is 0 Å². The smallest absolute Gasteiger partial charge is 0.462 e. The van der Waals surface area contributed by atoms with Crippen LogP contribution in [-0.2, 0) is 42.2 Å². The summed E-state index contributed by atoms with van der Waals surface area (Å²) < 4.78 is 39.3. The zero-order valence-electron chi connectivity index (χ0n) is 46.0. The number of phosphoric acid groups is 1. The standard InChI is InChI=1S/C62H99O11P/c1-4-7-10-13-16-19-22-24-26-28-29-31-33-35-38-41-44-47-50-53-62(66)73-59(55-69-60(64)51-48-45-42-39-36-21-18-15-12-9-6-3)57-71-74(67,68)70-56-58(54-63)72-61(65)52-49-46-43-40-37-34-32-30-27-25-23-20-17-14-11-8-5-2/h7-8,10-11,16-17,19-20,24-27,29,31-32,34-35,38,40,43-44,47,58-59,63H,4-6,9,12-15,18,21-23,28,30,33,36-37,39,41-42,45-46,48-57H2,1-3H3,(H,67,68)/b10-7-,11-8-,19-16-,20-17-,26-24-,27-25-,31-29-,34-32-,38-35-,43-40-,47-44-. The van der Waals surface area contributed by atoms with Crippen molar-refractivity contribution in [3.8, 4) is 0 Å². The molecule has 0 aliphatic rings. The normalized spacial score (nSPS) is 14.4. The molecule has 0 bridgehead atoms. The van der Waals surface area contributed by atoms with Gasteiger partial charge in [-0.25, -0.2) is 4.57 Å². The topological polar surface area (TPSA) is 155 Å². The molecule has 0 spiro atoms. The zero-order valence-corrected chi connectivity index (χ0v) is 46.9. The third kappa shape index (κ3) is 52.5. The molecule has 0 aliphatic heterocycles. The van der Waals surface area contributed by atoms with Crippen LogP contribution in [0.1, 0.15) is 201 Å². The van der Waals surface area contributed by atoms with E-state index in [2.05, 4.69) is 130 Å². The second-order valence-corrected chi connectivity index (χ2v) is 19.4. The van der Waals surface area contributed by atoms with Crippen LogP contribution in [0.2, 0.25) is 0 Å². The fraction of sp³-hybridized carbons (Fsp3) is 0.597. The molecule has 11 nitrogen and oxygen atoms in total. The van der Waals surface area contributed by atoms with Crippen LogP contribution in [0.15, 0.2) is 134 Å². The molecule has 0 aromatic rings. The Labute approximate surface area is 449 Å². The number of esters is 3. The number of unbranched alkanes of at least 4 members (excludes halogenated alkanes) is 11. The molecule has 0 heterocycles. The minimum Gasteiger partial charge on any atom is -0.462 e. The molecular weight excluding hydrogens is 952 g/mol. The molecule has 0 saturated carbocycles. The maximum Gasteiger partial charge on any atom is 0.472 e. The molecule has 0 amide bonds. The molecule has 418 valence electrons. The van der Waals surface area contributed by atoms with Crippen molar-refractivity contribution in [2.45, 2.75) is 213 Å². The van der Waals surface area contributed by atoms with E-state index in [1.54, 1.807) is 0 Å². The maximum absolute atomic E-state index is 12.9. The number of carbonyl (C=O) groups is 3. The Morgan fingerprint density at radius 1 is 0.392 bits per heavy atom. The van der Waals surface area contributed by atoms with Gasteiger partial charge < -0.3 is 24.2 Å². The highest BCUT2D eigenvalue weighted by Gasteiger charge is 2.28. The van der Waals surface area contributed by atoms with Crippen LogP contribution < -0.4 is 0 Å². The van der Waals surface area contributed by atoms with Crippen molar-refractivity contribution in [3.63, 3.8) is 0 Å². The van der Waals surface area contributed by atoms with Gasteiger partial charge in [-0.3, -0.25) is 23.4 Å². The van der Waals surface area contributed by atoms with E-state index in [9.17, 15) is 28.9 Å². The van der Waals surface area contributed by atoms with Crippen molar-refractivity contribution in [1.29, 1.82) is 0 Å². The number of phosphoric ester groups is 1. The summed E-state index contributed by atoms with van der Waals surface area (Å²) in [6.45, 7) is 4.23. The molecule has 0 fully saturated rings. The van der Waals surface area contributed by atoms with E-state index in [1.807, 2.05) is 24.3 Å². The Balaban J connectivity index is 4.88. The van der Waals surface area contributed by atoms with Crippen LogP contribution in [0.4, 0.5) is 0 Å². The summed E-state index contributed by atoms with van der Waals surface area (Å²) in [6.07, 6.45) is 68.7. The summed E-state index contributed by atoms with van der Waals surface area (Å²) in [4.78, 5) is 48.4. The van der Waals surface area contributed by atoms with E-state index in [-0.39, 0.29) is 25.9 Å². The molecule has 0 rings (SSSR count). The number of ether oxygens (including phenoxy) is 3. The number of hydrogen-bond acceptors (Lipinski definition) is 10. The lowest BCUT2D eigenvalue weighted by molar-refractivity contribution is -0.161. The lowest BCUT2D eigenvalue weighted by Gasteiger charge is -2.21. The third-order valence-electron chi connectivity index (χ3n) is 11.1. The van der Waals surface area contributed by atoms with E-state index in [4.69, 9.17) is 23.3 Å². The predicted octanol–water partition coefficient (Wildman–Crippen LogP) is 16.6. The average molecular weight is 1050 g/mol. The first-order chi connectivity index (χ1) is 36.2. The van der Waals surface area contributed by atoms with Gasteiger partial charge in [0.1, 0.15) is 12.7 Å². The molecular formula is C62H99O11P. The lowest BCUT2D eigenvalue weighted by atomic mass is 10.1. The van der Waals surface area contributed by atoms with Gasteiger partial charge in [-0.2, -0.15) is 0 Å². The van der Waals surface area contributed by atoms with E-state index in [1.165, 1.54) is 44.9 Å². The first-order valence-electron chi connectivity index (χ1n) is 28.1. The van der Waals surface area contributed by atoms with Crippen LogP contribution in [-0.4, -0.2) is 66.5 Å². The summed E-state index contributed by atoms with van der Waals surface area (Å²) >= 11 is 0. The maximum atomic E-state index is 12.9. The molecule has 0 aliphatic carbocycles. The van der Waals surface area contributed by atoms with Crippen molar-refractivity contribution in [1.82, 2.24) is 0 Å². The van der Waals surface area contributed by atoms with Gasteiger partial charge in [-0.15, -0.1) is 0 Å². The van der Waals surface area contributed by atoms with Crippen LogP contribution in [0, 0.1) is 0 Å². The van der Waals surface area contributed by atoms with Crippen molar-refractivity contribution >= 4 is 25.7 Å². The van der Waals surface area contributed by atoms with E-state index in [0.717, 1.165) is 83.5 Å². The monoisotopic (exact) mass is 1050 g/mol. The Kier molecular flexibility index (Phi) is 51.6. The molecule has 74 heavy (non-hydrogen) atoms. The fourth-order valence-electron chi connectivity index (χ4n) is 6.89. The quantitative estimate of drug-likeness (QED) is 0.0197. The van der Waals surface area contributed by atoms with Gasteiger partial charge in [0, 0.05) is 19.3 Å². The molecule has 0 aromatic carbocycles. The number of rotatable bonds is 50. The third-order valence-corrected chi connectivity index (χ3v) is 12.0. The Bertz CT molecular complexity index is 1750. The number of aliphatic hydroxyl groups is 1. The Morgan fingerprint density at radius 2 is 0.730 bits per heavy atom. The van der Waals surface area contributed by atoms with Gasteiger partial charge in [0.05, 0.1) is 19.8 Å². The minimum atomic E-state index is -4.79. The van der Waals surface area contributed by atoms with E-state index in [0.29, 0.717) is 32.1 Å². The summed E-state index contributed by atoms with van der Waals surface area (Å²) in [5.74, 6) is -1.64. The minimum absolute atomic E-state index is 0.0322. The highest BCUT2D eigenvalue weighted by atomic mass is 31.2. The Hall–Kier alpha value is -4.38. The summed E-state index contributed by atoms with van der Waals surface area (Å²) in [7, 11) is -4.79. The van der Waals surface area contributed by atoms with Crippen molar-refractivity contribution in [2.75, 3.05) is 26.4 Å². The predicted molar refractivity (Wildman–Crippen MR) is 306 cm³/mol. The van der Waals surface area contributed by atoms with Gasteiger partial charge in [0.15, 0.2) is 6.10 Å². The summed E-state index contributed by atoms with van der Waals surface area (Å²) in [5.41, 5.74) is 0. The molecule has 12 heteroatoms. The second-order valence-electron chi connectivity index (χ2n) is 18.0. The van der Waals surface area contributed by atoms with Gasteiger partial charge in [0.2, 0.25) is 0 Å². The molecule has 3 atom stereocenters. The average Bonchev–Trinajstić information content (AvgIpc) is 3.39. The van der Waals surface area contributed by atoms with E-state index < -0.39 is 57.8 Å². The van der Waals surface area contributed by atoms with E-state index >= 15 is 0 Å². The fourth-order valence-corrected chi connectivity index (χ4v) is 7.67. The zero-order chi connectivity index (χ0) is 54.1. The number of hydrogen-bond donors (Lipinski definition) is 2.